The van der Waals surface area contributed by atoms with Gasteiger partial charge < -0.3 is 5.32 Å². The van der Waals surface area contributed by atoms with E-state index >= 15 is 0 Å². The summed E-state index contributed by atoms with van der Waals surface area (Å²) < 4.78 is 0. The maximum absolute atomic E-state index is 5.03. The van der Waals surface area contributed by atoms with E-state index in [2.05, 4.69) is 79.7 Å². The Hall–Kier alpha value is -1.63. The fraction of sp³-hybridized carbons (Fsp3) is 0.762. The van der Waals surface area contributed by atoms with Crippen molar-refractivity contribution in [2.45, 2.75) is 193 Å². The number of hydrogen-bond donors (Lipinski definition) is 1. The number of aliphatic imine (C=N–C) groups is 1. The number of allylic oxidation sites excluding steroid dienone is 7. The van der Waals surface area contributed by atoms with Crippen LogP contribution in [0, 0.1) is 0 Å². The van der Waals surface area contributed by atoms with Crippen LogP contribution in [0.25, 0.3) is 0 Å². The summed E-state index contributed by atoms with van der Waals surface area (Å²) in [6.45, 7) is 5.61. The molecule has 0 aliphatic carbocycles. The topological polar surface area (TPSA) is 24.4 Å². The van der Waals surface area contributed by atoms with Crippen molar-refractivity contribution in [1.29, 1.82) is 0 Å². The van der Waals surface area contributed by atoms with Crippen molar-refractivity contribution in [2.24, 2.45) is 4.99 Å². The molecule has 0 spiro atoms. The number of hydrogen-bond acceptors (Lipinski definition) is 2. The molecule has 0 aromatic heterocycles. The van der Waals surface area contributed by atoms with Gasteiger partial charge in [0.15, 0.2) is 0 Å². The van der Waals surface area contributed by atoms with E-state index in [0.717, 1.165) is 19.4 Å². The SMILES string of the molecule is CCCCCC=C=C/C=C\CCCCCCCCC(CCCCCCCC/C=C\C/C=C\CCCCC)N=CCCCNC. The Balaban J connectivity index is 3.90. The molecular weight excluding hydrogens is 532 g/mol. The van der Waals surface area contributed by atoms with Gasteiger partial charge in [0.05, 0.1) is 0 Å². The van der Waals surface area contributed by atoms with Crippen molar-refractivity contribution in [3.63, 3.8) is 0 Å². The van der Waals surface area contributed by atoms with Crippen molar-refractivity contribution >= 4 is 6.21 Å². The predicted molar refractivity (Wildman–Crippen MR) is 202 cm³/mol. The van der Waals surface area contributed by atoms with E-state index in [1.165, 1.54) is 161 Å². The largest absolute Gasteiger partial charge is 0.320 e. The zero-order chi connectivity index (χ0) is 31.9. The molecule has 0 radical (unpaired) electrons. The zero-order valence-corrected chi connectivity index (χ0v) is 30.0. The lowest BCUT2D eigenvalue weighted by atomic mass is 10.00. The van der Waals surface area contributed by atoms with Gasteiger partial charge in [-0.25, -0.2) is 0 Å². The number of nitrogens with one attached hydrogen (secondary N) is 1. The van der Waals surface area contributed by atoms with Gasteiger partial charge in [0.25, 0.3) is 0 Å². The van der Waals surface area contributed by atoms with Crippen molar-refractivity contribution in [2.75, 3.05) is 13.6 Å². The monoisotopic (exact) mass is 609 g/mol. The highest BCUT2D eigenvalue weighted by molar-refractivity contribution is 5.57. The van der Waals surface area contributed by atoms with E-state index in [-0.39, 0.29) is 0 Å². The third-order valence-corrected chi connectivity index (χ3v) is 8.37. The maximum atomic E-state index is 5.03. The molecule has 0 heterocycles. The van der Waals surface area contributed by atoms with Gasteiger partial charge in [0.1, 0.15) is 0 Å². The Morgan fingerprint density at radius 2 is 1.07 bits per heavy atom. The van der Waals surface area contributed by atoms with Gasteiger partial charge in [0, 0.05) is 6.04 Å². The first-order valence-corrected chi connectivity index (χ1v) is 19.4. The third-order valence-electron chi connectivity index (χ3n) is 8.37. The normalized spacial score (nSPS) is 12.7. The van der Waals surface area contributed by atoms with Crippen LogP contribution in [0.15, 0.2) is 59.3 Å². The lowest BCUT2D eigenvalue weighted by Crippen LogP contribution is -2.08. The van der Waals surface area contributed by atoms with Crippen LogP contribution in [-0.4, -0.2) is 25.8 Å². The Kier molecular flexibility index (Phi) is 37.9. The van der Waals surface area contributed by atoms with E-state index in [1.807, 2.05) is 7.05 Å². The van der Waals surface area contributed by atoms with Gasteiger partial charge in [-0.3, -0.25) is 4.99 Å². The summed E-state index contributed by atoms with van der Waals surface area (Å²) >= 11 is 0. The number of unbranched alkanes of at least 4 members (excludes halogenated alkanes) is 19. The van der Waals surface area contributed by atoms with E-state index < -0.39 is 0 Å². The molecule has 1 unspecified atom stereocenters. The average Bonchev–Trinajstić information content (AvgIpc) is 3.03. The predicted octanol–water partition coefficient (Wildman–Crippen LogP) is 13.6. The number of nitrogens with zero attached hydrogens (tertiary/aromatic N) is 1. The Morgan fingerprint density at radius 3 is 1.66 bits per heavy atom. The van der Waals surface area contributed by atoms with Crippen LogP contribution < -0.4 is 5.32 Å². The molecule has 2 nitrogen and oxygen atoms in total. The molecule has 44 heavy (non-hydrogen) atoms. The third kappa shape index (κ3) is 36.6. The first-order valence-electron chi connectivity index (χ1n) is 19.4. The standard InChI is InChI=1S/C42H76N2/c1-4-6-8-10-12-14-16-18-20-22-24-26-28-30-32-34-38-42(44-41-37-36-40-43-3)39-35-33-31-29-27-25-23-21-19-17-15-13-11-9-7-5-2/h12-14,17-21,41-43H,4-11,16,22-40H2,1-3H3/b14-12-,20-18-,21-19-,44-41?. The van der Waals surface area contributed by atoms with Crippen LogP contribution in [0.4, 0.5) is 0 Å². The molecule has 0 aliphatic rings. The molecule has 0 rings (SSSR count). The molecular formula is C42H76N2. The second-order valence-corrected chi connectivity index (χ2v) is 12.8. The molecule has 0 saturated carbocycles. The smallest absolute Gasteiger partial charge is 0.0495 e. The summed E-state index contributed by atoms with van der Waals surface area (Å²) in [5.41, 5.74) is 3.29. The summed E-state index contributed by atoms with van der Waals surface area (Å²) in [7, 11) is 2.04. The van der Waals surface area contributed by atoms with E-state index in [0.29, 0.717) is 6.04 Å². The molecule has 0 saturated heterocycles. The molecule has 0 aromatic carbocycles. The average molecular weight is 609 g/mol. The van der Waals surface area contributed by atoms with Gasteiger partial charge in [-0.1, -0.05) is 140 Å². The van der Waals surface area contributed by atoms with Crippen molar-refractivity contribution in [1.82, 2.24) is 5.32 Å². The molecule has 1 atom stereocenters. The molecule has 254 valence electrons. The zero-order valence-electron chi connectivity index (χ0n) is 30.0. The highest BCUT2D eigenvalue weighted by Crippen LogP contribution is 2.17. The highest BCUT2D eigenvalue weighted by atomic mass is 14.8. The van der Waals surface area contributed by atoms with Crippen LogP contribution in [0.1, 0.15) is 187 Å². The fourth-order valence-electron chi connectivity index (χ4n) is 5.47. The summed E-state index contributed by atoms with van der Waals surface area (Å²) in [6, 6.07) is 0.550. The van der Waals surface area contributed by atoms with Gasteiger partial charge in [-0.05, 0) is 115 Å². The van der Waals surface area contributed by atoms with E-state index in [4.69, 9.17) is 4.99 Å². The molecule has 0 fully saturated rings. The van der Waals surface area contributed by atoms with Crippen molar-refractivity contribution < 1.29 is 0 Å². The van der Waals surface area contributed by atoms with Crippen LogP contribution in [0.3, 0.4) is 0 Å². The second kappa shape index (κ2) is 39.4. The molecule has 0 bridgehead atoms. The molecule has 0 aliphatic heterocycles. The van der Waals surface area contributed by atoms with Gasteiger partial charge in [-0.15, -0.1) is 5.73 Å². The van der Waals surface area contributed by atoms with Crippen molar-refractivity contribution in [3.8, 4) is 0 Å². The molecule has 0 aromatic rings. The van der Waals surface area contributed by atoms with Gasteiger partial charge in [0.2, 0.25) is 0 Å². The molecule has 1 N–H and O–H groups in total. The van der Waals surface area contributed by atoms with Gasteiger partial charge in [-0.2, -0.15) is 0 Å². The fourth-order valence-corrected chi connectivity index (χ4v) is 5.47. The lowest BCUT2D eigenvalue weighted by Gasteiger charge is -2.12. The minimum absolute atomic E-state index is 0.550. The summed E-state index contributed by atoms with van der Waals surface area (Å²) in [5, 5.41) is 3.25. The summed E-state index contributed by atoms with van der Waals surface area (Å²) in [5.74, 6) is 0. The van der Waals surface area contributed by atoms with Gasteiger partial charge >= 0.3 is 0 Å². The maximum Gasteiger partial charge on any atom is 0.0495 e. The Bertz CT molecular complexity index is 722. The second-order valence-electron chi connectivity index (χ2n) is 12.8. The Labute approximate surface area is 277 Å². The van der Waals surface area contributed by atoms with Crippen LogP contribution in [-0.2, 0) is 0 Å². The lowest BCUT2D eigenvalue weighted by molar-refractivity contribution is 0.484. The van der Waals surface area contributed by atoms with Crippen LogP contribution in [0.5, 0.6) is 0 Å². The molecule has 0 amide bonds. The van der Waals surface area contributed by atoms with Crippen molar-refractivity contribution in [3.05, 3.63) is 54.3 Å². The van der Waals surface area contributed by atoms with E-state index in [1.54, 1.807) is 0 Å². The van der Waals surface area contributed by atoms with Crippen LogP contribution in [0.2, 0.25) is 0 Å². The number of rotatable bonds is 34. The highest BCUT2D eigenvalue weighted by Gasteiger charge is 2.06. The van der Waals surface area contributed by atoms with E-state index in [9.17, 15) is 0 Å². The Morgan fingerprint density at radius 1 is 0.545 bits per heavy atom. The summed E-state index contributed by atoms with van der Waals surface area (Å²) in [6.07, 6.45) is 55.6. The van der Waals surface area contributed by atoms with Crippen LogP contribution >= 0.6 is 0 Å². The first kappa shape index (κ1) is 42.4. The first-order chi connectivity index (χ1) is 21.8. The summed E-state index contributed by atoms with van der Waals surface area (Å²) in [4.78, 5) is 5.03. The minimum atomic E-state index is 0.550. The molecule has 2 heteroatoms. The minimum Gasteiger partial charge on any atom is -0.320 e. The quantitative estimate of drug-likeness (QED) is 0.0254.